The summed E-state index contributed by atoms with van der Waals surface area (Å²) in [6.45, 7) is 9.28. The van der Waals surface area contributed by atoms with Gasteiger partial charge in [0, 0.05) is 0 Å². The van der Waals surface area contributed by atoms with Crippen molar-refractivity contribution < 1.29 is 0 Å². The summed E-state index contributed by atoms with van der Waals surface area (Å²) in [5.41, 5.74) is 7.30. The van der Waals surface area contributed by atoms with Crippen molar-refractivity contribution in [3.63, 3.8) is 0 Å². The average molecular weight is 1440 g/mol. The fourth-order valence-electron chi connectivity index (χ4n) is 15.8. The van der Waals surface area contributed by atoms with Gasteiger partial charge in [-0.25, -0.2) is 4.99 Å². The van der Waals surface area contributed by atoms with E-state index in [1.54, 1.807) is 0 Å². The van der Waals surface area contributed by atoms with E-state index in [-0.39, 0.29) is 0 Å². The van der Waals surface area contributed by atoms with Crippen LogP contribution in [0.3, 0.4) is 0 Å². The standard InChI is InChI=1S/C102H182N2/c1-5-9-13-17-21-24-27-30-33-36-39-42-45-47-49-51-53-56-59-62-65-68-71-74-77-81-89-97-91-85-87-93-99(97)103-101(95-83-79-20-16-12-8-4)102(96-84-80-76-73-70-67-64-61-58-55-44-41-38-35-32-29-26-23-19-15-11-7-3)104-100-94-88-86-92-98(100)90-82-78-75-72-69-66-63-60-57-54-52-50-48-46-43-40-37-34-31-28-25-22-18-14-10-6-2/h71-72,74-75,84-88,91-94,96H,5-70,73,76-83,89-90,95H2,1-4H3. The average Bonchev–Trinajstić information content (AvgIpc) is 0.853. The van der Waals surface area contributed by atoms with Gasteiger partial charge in [-0.15, -0.1) is 0 Å². The maximum atomic E-state index is 5.71. The van der Waals surface area contributed by atoms with Gasteiger partial charge < -0.3 is 0 Å². The van der Waals surface area contributed by atoms with Crippen molar-refractivity contribution in [1.82, 2.24) is 0 Å². The first-order valence-electron chi connectivity index (χ1n) is 48.0. The Balaban J connectivity index is 1.93. The predicted octanol–water partition coefficient (Wildman–Crippen LogP) is 37.0. The summed E-state index contributed by atoms with van der Waals surface area (Å²) in [5, 5.41) is 0. The number of nitrogens with zero attached hydrogens (tertiary/aromatic N) is 2. The van der Waals surface area contributed by atoms with Gasteiger partial charge in [0.25, 0.3) is 0 Å². The summed E-state index contributed by atoms with van der Waals surface area (Å²) < 4.78 is 0. The van der Waals surface area contributed by atoms with E-state index in [0.717, 1.165) is 74.9 Å². The van der Waals surface area contributed by atoms with Crippen molar-refractivity contribution in [2.45, 2.75) is 529 Å². The summed E-state index contributed by atoms with van der Waals surface area (Å²) in [6.07, 6.45) is 123. The van der Waals surface area contributed by atoms with Gasteiger partial charge in [0.2, 0.25) is 0 Å². The number of para-hydroxylation sites is 2. The molecule has 0 aromatic heterocycles. The first-order valence-corrected chi connectivity index (χ1v) is 48.0. The van der Waals surface area contributed by atoms with Crippen LogP contribution in [0.4, 0.5) is 11.4 Å². The van der Waals surface area contributed by atoms with E-state index < -0.39 is 0 Å². The van der Waals surface area contributed by atoms with Gasteiger partial charge in [0.15, 0.2) is 0 Å². The Morgan fingerprint density at radius 3 is 0.673 bits per heavy atom. The van der Waals surface area contributed by atoms with Crippen molar-refractivity contribution >= 4 is 22.8 Å². The second-order valence-corrected chi connectivity index (χ2v) is 33.2. The summed E-state index contributed by atoms with van der Waals surface area (Å²) in [4.78, 5) is 11.4. The number of aryl methyl sites for hydroxylation is 2. The van der Waals surface area contributed by atoms with Crippen LogP contribution in [-0.2, 0) is 12.8 Å². The molecule has 2 heteroatoms. The Morgan fingerprint density at radius 2 is 0.413 bits per heavy atom. The first-order chi connectivity index (χ1) is 51.7. The zero-order chi connectivity index (χ0) is 73.9. The summed E-state index contributed by atoms with van der Waals surface area (Å²) in [7, 11) is 0. The predicted molar refractivity (Wildman–Crippen MR) is 475 cm³/mol. The van der Waals surface area contributed by atoms with E-state index in [9.17, 15) is 0 Å². The minimum Gasteiger partial charge on any atom is -0.251 e. The number of hydrogen-bond acceptors (Lipinski definition) is 2. The van der Waals surface area contributed by atoms with Crippen LogP contribution in [0.15, 0.2) is 95.0 Å². The number of benzene rings is 2. The van der Waals surface area contributed by atoms with Crippen LogP contribution in [0.1, 0.15) is 527 Å². The molecule has 0 N–H and O–H groups in total. The van der Waals surface area contributed by atoms with Crippen LogP contribution >= 0.6 is 0 Å². The lowest BCUT2D eigenvalue weighted by Gasteiger charge is -2.12. The van der Waals surface area contributed by atoms with Gasteiger partial charge in [0.05, 0.1) is 22.8 Å². The van der Waals surface area contributed by atoms with E-state index >= 15 is 0 Å². The highest BCUT2D eigenvalue weighted by Gasteiger charge is 2.13. The van der Waals surface area contributed by atoms with E-state index in [2.05, 4.69) is 113 Å². The zero-order valence-corrected chi connectivity index (χ0v) is 71.1. The molecule has 2 aromatic carbocycles. The molecule has 0 saturated carbocycles. The second kappa shape index (κ2) is 82.5. The fraction of sp³-hybridized carbons (Fsp3) is 0.804. The molecule has 0 amide bonds. The van der Waals surface area contributed by atoms with E-state index in [1.807, 2.05) is 0 Å². The van der Waals surface area contributed by atoms with Crippen LogP contribution in [0, 0.1) is 0 Å². The lowest BCUT2D eigenvalue weighted by atomic mass is 10.0. The molecule has 0 radical (unpaired) electrons. The van der Waals surface area contributed by atoms with Crippen molar-refractivity contribution in [2.24, 2.45) is 9.98 Å². The van der Waals surface area contributed by atoms with E-state index in [1.165, 1.54) is 460 Å². The summed E-state index contributed by atoms with van der Waals surface area (Å²) >= 11 is 0. The third-order valence-corrected chi connectivity index (χ3v) is 23.0. The Hall–Kier alpha value is -3.00. The molecule has 104 heavy (non-hydrogen) atoms. The van der Waals surface area contributed by atoms with Gasteiger partial charge in [-0.2, -0.15) is 0 Å². The maximum Gasteiger partial charge on any atom is 0.0848 e. The highest BCUT2D eigenvalue weighted by atomic mass is 14.8. The monoisotopic (exact) mass is 1440 g/mol. The highest BCUT2D eigenvalue weighted by molar-refractivity contribution is 6.47. The van der Waals surface area contributed by atoms with Gasteiger partial charge >= 0.3 is 0 Å². The normalized spacial score (nSPS) is 12.3. The fourth-order valence-corrected chi connectivity index (χ4v) is 15.8. The van der Waals surface area contributed by atoms with Crippen LogP contribution in [0.5, 0.6) is 0 Å². The third kappa shape index (κ3) is 67.1. The number of rotatable bonds is 84. The quantitative estimate of drug-likeness (QED) is 0.0358. The number of unbranched alkanes of at least 4 members (excludes halogenated alkanes) is 69. The molecule has 0 saturated heterocycles. The van der Waals surface area contributed by atoms with Crippen molar-refractivity contribution in [1.29, 1.82) is 0 Å². The van der Waals surface area contributed by atoms with Crippen molar-refractivity contribution in [3.8, 4) is 0 Å². The SMILES string of the molecule is CCCCCCCCCCCCCCCCCCCCCCC=CC(=Nc1ccccc1CCCC=CCCCCCCCCCCCCCCCCCCCCCCC)C(CCCCCCCC)=Nc1ccccc1CCCC=CCCCCCCCCCCCCCCCCCCCCCCC. The van der Waals surface area contributed by atoms with Crippen LogP contribution in [0.25, 0.3) is 0 Å². The molecular weight excluding hydrogens is 1250 g/mol. The highest BCUT2D eigenvalue weighted by Crippen LogP contribution is 2.28. The molecule has 0 bridgehead atoms. The number of aliphatic imine (C=N–C) groups is 2. The number of allylic oxidation sites excluding steroid dienone is 6. The minimum absolute atomic E-state index is 0.970. The summed E-state index contributed by atoms with van der Waals surface area (Å²) in [6, 6.07) is 18.2. The van der Waals surface area contributed by atoms with Crippen molar-refractivity contribution in [2.75, 3.05) is 0 Å². The Kier molecular flexibility index (Phi) is 77.0. The molecule has 0 heterocycles. The smallest absolute Gasteiger partial charge is 0.0848 e. The Bertz CT molecular complexity index is 2170. The van der Waals surface area contributed by atoms with Gasteiger partial charge in [-0.05, 0) is 119 Å². The third-order valence-electron chi connectivity index (χ3n) is 23.0. The molecule has 2 rings (SSSR count). The van der Waals surface area contributed by atoms with Gasteiger partial charge in [-0.1, -0.05) is 505 Å². The Labute approximate surface area is 653 Å². The summed E-state index contributed by atoms with van der Waals surface area (Å²) in [5.74, 6) is 0. The molecule has 0 aliphatic rings. The lowest BCUT2D eigenvalue weighted by Crippen LogP contribution is -2.12. The molecule has 0 atom stereocenters. The minimum atomic E-state index is 0.970. The zero-order valence-electron chi connectivity index (χ0n) is 71.1. The molecular formula is C102H182N2. The topological polar surface area (TPSA) is 24.7 Å². The molecule has 600 valence electrons. The van der Waals surface area contributed by atoms with Crippen LogP contribution in [0.2, 0.25) is 0 Å². The van der Waals surface area contributed by atoms with Crippen molar-refractivity contribution in [3.05, 3.63) is 96.1 Å². The molecule has 0 spiro atoms. The van der Waals surface area contributed by atoms with Gasteiger partial charge in [0.1, 0.15) is 0 Å². The molecule has 0 aliphatic heterocycles. The number of hydrogen-bond donors (Lipinski definition) is 0. The second-order valence-electron chi connectivity index (χ2n) is 33.2. The van der Waals surface area contributed by atoms with E-state index in [4.69, 9.17) is 9.98 Å². The van der Waals surface area contributed by atoms with E-state index in [0.29, 0.717) is 0 Å². The molecule has 0 aliphatic carbocycles. The van der Waals surface area contributed by atoms with Crippen LogP contribution < -0.4 is 0 Å². The van der Waals surface area contributed by atoms with Gasteiger partial charge in [-0.3, -0.25) is 4.99 Å². The maximum absolute atomic E-state index is 5.71. The lowest BCUT2D eigenvalue weighted by molar-refractivity contribution is 0.520. The van der Waals surface area contributed by atoms with Crippen LogP contribution in [-0.4, -0.2) is 11.4 Å². The molecule has 0 unspecified atom stereocenters. The molecule has 2 aromatic rings. The first kappa shape index (κ1) is 97.1. The Morgan fingerprint density at radius 1 is 0.212 bits per heavy atom. The largest absolute Gasteiger partial charge is 0.251 e. The molecule has 2 nitrogen and oxygen atoms in total. The molecule has 0 fully saturated rings.